The van der Waals surface area contributed by atoms with Crippen molar-refractivity contribution in [2.75, 3.05) is 19.8 Å². The summed E-state index contributed by atoms with van der Waals surface area (Å²) in [5, 5.41) is 0. The zero-order valence-electron chi connectivity index (χ0n) is 11.4. The molecule has 0 aliphatic heterocycles. The summed E-state index contributed by atoms with van der Waals surface area (Å²) >= 11 is 4.94. The fourth-order valence-corrected chi connectivity index (χ4v) is 2.02. The second-order valence-electron chi connectivity index (χ2n) is 3.77. The van der Waals surface area contributed by atoms with Crippen molar-refractivity contribution in [1.82, 2.24) is 9.97 Å². The Hall–Kier alpha value is -1.02. The van der Waals surface area contributed by atoms with Crippen LogP contribution in [-0.4, -0.2) is 35.8 Å². The fourth-order valence-electron chi connectivity index (χ4n) is 1.79. The Bertz CT molecular complexity index is 452. The van der Waals surface area contributed by atoms with Gasteiger partial charge < -0.3 is 19.2 Å². The minimum absolute atomic E-state index is 0.260. The van der Waals surface area contributed by atoms with E-state index < -0.39 is 5.97 Å². The van der Waals surface area contributed by atoms with Gasteiger partial charge in [-0.2, -0.15) is 0 Å². The molecule has 1 heterocycles. The Labute approximate surface area is 117 Å². The average molecular weight is 288 g/mol. The van der Waals surface area contributed by atoms with E-state index in [1.807, 2.05) is 20.8 Å². The summed E-state index contributed by atoms with van der Waals surface area (Å²) in [7, 11) is 0. The first-order valence-corrected chi connectivity index (χ1v) is 6.70. The van der Waals surface area contributed by atoms with Crippen LogP contribution in [0.1, 0.15) is 26.5 Å². The van der Waals surface area contributed by atoms with Gasteiger partial charge in [0.25, 0.3) is 11.5 Å². The van der Waals surface area contributed by atoms with Crippen molar-refractivity contribution in [2.45, 2.75) is 33.2 Å². The third-order valence-electron chi connectivity index (χ3n) is 2.32. The third kappa shape index (κ3) is 4.87. The minimum Gasteiger partial charge on any atom is -0.336 e. The predicted molar refractivity (Wildman–Crippen MR) is 73.6 cm³/mol. The highest BCUT2D eigenvalue weighted by atomic mass is 32.1. The Balaban J connectivity index is 3.03. The Morgan fingerprint density at radius 1 is 1.11 bits per heavy atom. The molecule has 7 heteroatoms. The normalized spacial score (nSPS) is 11.7. The predicted octanol–water partition coefficient (Wildman–Crippen LogP) is 1.74. The molecule has 19 heavy (non-hydrogen) atoms. The Morgan fingerprint density at radius 3 is 2.05 bits per heavy atom. The smallest absolute Gasteiger partial charge is 0.288 e. The van der Waals surface area contributed by atoms with E-state index in [0.717, 1.165) is 0 Å². The number of ether oxygens (including phenoxy) is 3. The molecule has 0 saturated heterocycles. The molecule has 0 saturated carbocycles. The van der Waals surface area contributed by atoms with Crippen LogP contribution in [0.3, 0.4) is 0 Å². The summed E-state index contributed by atoms with van der Waals surface area (Å²) in [6, 6.07) is 1.42. The molecule has 0 fully saturated rings. The molecule has 0 bridgehead atoms. The highest BCUT2D eigenvalue weighted by molar-refractivity contribution is 7.71. The molecule has 0 aromatic carbocycles. The van der Waals surface area contributed by atoms with Gasteiger partial charge >= 0.3 is 0 Å². The first-order chi connectivity index (χ1) is 9.05. The molecule has 1 rings (SSSR count). The molecule has 2 N–H and O–H groups in total. The van der Waals surface area contributed by atoms with E-state index >= 15 is 0 Å². The maximum Gasteiger partial charge on any atom is 0.288 e. The zero-order valence-corrected chi connectivity index (χ0v) is 12.3. The first-order valence-electron chi connectivity index (χ1n) is 6.29. The lowest BCUT2D eigenvalue weighted by atomic mass is 10.2. The average Bonchev–Trinajstić information content (AvgIpc) is 2.28. The van der Waals surface area contributed by atoms with E-state index in [1.165, 1.54) is 6.07 Å². The van der Waals surface area contributed by atoms with Crippen LogP contribution in [0.25, 0.3) is 0 Å². The van der Waals surface area contributed by atoms with Gasteiger partial charge in [-0.25, -0.2) is 0 Å². The van der Waals surface area contributed by atoms with Gasteiger partial charge in [0.15, 0.2) is 4.77 Å². The van der Waals surface area contributed by atoms with Crippen molar-refractivity contribution in [3.05, 3.63) is 26.9 Å². The minimum atomic E-state index is -1.19. The molecular formula is C12H20N2O4S. The number of rotatable bonds is 8. The molecule has 0 atom stereocenters. The number of aromatic amines is 2. The van der Waals surface area contributed by atoms with Crippen LogP contribution in [0, 0.1) is 4.77 Å². The first kappa shape index (κ1) is 16.0. The van der Waals surface area contributed by atoms with Crippen LogP contribution in [0.5, 0.6) is 0 Å². The molecule has 0 amide bonds. The number of hydrogen-bond acceptors (Lipinski definition) is 5. The molecule has 0 radical (unpaired) electrons. The van der Waals surface area contributed by atoms with E-state index in [1.54, 1.807) is 0 Å². The quantitative estimate of drug-likeness (QED) is 0.563. The van der Waals surface area contributed by atoms with Gasteiger partial charge in [-0.3, -0.25) is 9.78 Å². The van der Waals surface area contributed by atoms with Crippen LogP contribution >= 0.6 is 12.2 Å². The summed E-state index contributed by atoms with van der Waals surface area (Å²) < 4.78 is 17.0. The van der Waals surface area contributed by atoms with Crippen molar-refractivity contribution in [3.63, 3.8) is 0 Å². The largest absolute Gasteiger partial charge is 0.336 e. The van der Waals surface area contributed by atoms with Crippen LogP contribution in [0.2, 0.25) is 0 Å². The molecule has 0 aliphatic carbocycles. The van der Waals surface area contributed by atoms with Crippen LogP contribution in [0.4, 0.5) is 0 Å². The summed E-state index contributed by atoms with van der Waals surface area (Å²) in [6.45, 7) is 6.87. The van der Waals surface area contributed by atoms with Crippen molar-refractivity contribution < 1.29 is 14.2 Å². The summed E-state index contributed by atoms with van der Waals surface area (Å²) in [5.41, 5.74) is 0.334. The van der Waals surface area contributed by atoms with Gasteiger partial charge in [0, 0.05) is 31.6 Å². The fraction of sp³-hybridized carbons (Fsp3) is 0.667. The highest BCUT2D eigenvalue weighted by Gasteiger charge is 2.33. The van der Waals surface area contributed by atoms with Gasteiger partial charge in [-0.1, -0.05) is 0 Å². The molecule has 1 aromatic rings. The molecule has 0 aliphatic rings. The second-order valence-corrected chi connectivity index (χ2v) is 4.18. The van der Waals surface area contributed by atoms with Gasteiger partial charge in [-0.05, 0) is 33.0 Å². The second kappa shape index (κ2) is 7.54. The SMILES string of the molecule is CCOC(Cc1cc(=O)[nH]c(=S)[nH]1)(OCC)OCC. The molecule has 6 nitrogen and oxygen atoms in total. The number of hydrogen-bond donors (Lipinski definition) is 2. The van der Waals surface area contributed by atoms with E-state index in [2.05, 4.69) is 9.97 Å². The van der Waals surface area contributed by atoms with E-state index in [-0.39, 0.29) is 16.8 Å². The lowest BCUT2D eigenvalue weighted by Gasteiger charge is -2.32. The number of nitrogens with one attached hydrogen (secondary N) is 2. The monoisotopic (exact) mass is 288 g/mol. The molecule has 1 aromatic heterocycles. The van der Waals surface area contributed by atoms with Crippen LogP contribution < -0.4 is 5.56 Å². The molecular weight excluding hydrogens is 268 g/mol. The molecule has 0 unspecified atom stereocenters. The van der Waals surface area contributed by atoms with Crippen molar-refractivity contribution >= 4 is 12.2 Å². The maximum absolute atomic E-state index is 11.4. The maximum atomic E-state index is 11.4. The molecule has 0 spiro atoms. The lowest BCUT2D eigenvalue weighted by Crippen LogP contribution is -2.42. The van der Waals surface area contributed by atoms with Gasteiger partial charge in [0.2, 0.25) is 0 Å². The Kier molecular flexibility index (Phi) is 6.36. The Morgan fingerprint density at radius 2 is 1.63 bits per heavy atom. The number of H-pyrrole nitrogens is 2. The molecule has 108 valence electrons. The van der Waals surface area contributed by atoms with E-state index in [0.29, 0.717) is 25.5 Å². The van der Waals surface area contributed by atoms with Crippen molar-refractivity contribution in [1.29, 1.82) is 0 Å². The van der Waals surface area contributed by atoms with Crippen molar-refractivity contribution in [2.24, 2.45) is 0 Å². The van der Waals surface area contributed by atoms with Gasteiger partial charge in [-0.15, -0.1) is 0 Å². The standard InChI is InChI=1S/C12H20N2O4S/c1-4-16-12(17-5-2,18-6-3)8-9-7-10(15)14-11(19)13-9/h7H,4-6,8H2,1-3H3,(H2,13,14,15,19). The zero-order chi connectivity index (χ0) is 14.3. The van der Waals surface area contributed by atoms with Crippen LogP contribution in [-0.2, 0) is 20.6 Å². The summed E-state index contributed by atoms with van der Waals surface area (Å²) in [6.07, 6.45) is 0.260. The number of aromatic nitrogens is 2. The highest BCUT2D eigenvalue weighted by Crippen LogP contribution is 2.20. The lowest BCUT2D eigenvalue weighted by molar-refractivity contribution is -0.376. The summed E-state index contributed by atoms with van der Waals surface area (Å²) in [5.74, 6) is -1.19. The van der Waals surface area contributed by atoms with E-state index in [9.17, 15) is 4.79 Å². The van der Waals surface area contributed by atoms with E-state index in [4.69, 9.17) is 26.4 Å². The van der Waals surface area contributed by atoms with Crippen LogP contribution in [0.15, 0.2) is 10.9 Å². The topological polar surface area (TPSA) is 76.3 Å². The van der Waals surface area contributed by atoms with Crippen molar-refractivity contribution in [3.8, 4) is 0 Å². The third-order valence-corrected chi connectivity index (χ3v) is 2.52. The van der Waals surface area contributed by atoms with Gasteiger partial charge in [0.05, 0.1) is 6.42 Å². The summed E-state index contributed by atoms with van der Waals surface area (Å²) in [4.78, 5) is 16.8. The van der Waals surface area contributed by atoms with Gasteiger partial charge in [0.1, 0.15) is 0 Å².